The Balaban J connectivity index is 2.29. The molecule has 1 rings (SSSR count). The van der Waals surface area contributed by atoms with Gasteiger partial charge in [-0.3, -0.25) is 4.79 Å². The third kappa shape index (κ3) is 5.52. The minimum atomic E-state index is -0.407. The highest BCUT2D eigenvalue weighted by atomic mass is 35.5. The fraction of sp³-hybridized carbons (Fsp3) is 0.500. The van der Waals surface area contributed by atoms with Crippen molar-refractivity contribution in [1.29, 1.82) is 0 Å². The molecular formula is C14H21ClN2O. The first-order valence-corrected chi connectivity index (χ1v) is 6.64. The number of nitrogens with one attached hydrogen (secondary N) is 1. The van der Waals surface area contributed by atoms with Gasteiger partial charge in [0.2, 0.25) is 5.91 Å². The largest absolute Gasteiger partial charge is 0.354 e. The summed E-state index contributed by atoms with van der Waals surface area (Å²) in [5.74, 6) is 0.361. The van der Waals surface area contributed by atoms with Gasteiger partial charge in [-0.2, -0.15) is 0 Å². The van der Waals surface area contributed by atoms with E-state index in [0.29, 0.717) is 18.9 Å². The van der Waals surface area contributed by atoms with E-state index in [1.54, 1.807) is 0 Å². The monoisotopic (exact) mass is 268 g/mol. The van der Waals surface area contributed by atoms with Gasteiger partial charge in [0.25, 0.3) is 0 Å². The first kappa shape index (κ1) is 15.0. The number of amides is 1. The lowest BCUT2D eigenvalue weighted by Gasteiger charge is -2.14. The molecule has 0 bridgehead atoms. The molecule has 0 radical (unpaired) electrons. The second-order valence-corrected chi connectivity index (χ2v) is 5.34. The van der Waals surface area contributed by atoms with Crippen LogP contribution in [0.5, 0.6) is 0 Å². The number of hydrogen-bond donors (Lipinski definition) is 2. The van der Waals surface area contributed by atoms with Gasteiger partial charge >= 0.3 is 0 Å². The Bertz CT molecular complexity index is 376. The van der Waals surface area contributed by atoms with Gasteiger partial charge in [0.1, 0.15) is 0 Å². The molecular weight excluding hydrogens is 248 g/mol. The van der Waals surface area contributed by atoms with E-state index in [9.17, 15) is 4.79 Å². The van der Waals surface area contributed by atoms with Crippen molar-refractivity contribution in [1.82, 2.24) is 5.32 Å². The van der Waals surface area contributed by atoms with Crippen LogP contribution in [-0.2, 0) is 11.2 Å². The molecule has 3 nitrogen and oxygen atoms in total. The lowest BCUT2D eigenvalue weighted by atomic mass is 10.0. The minimum absolute atomic E-state index is 0.0716. The first-order chi connectivity index (χ1) is 8.49. The van der Waals surface area contributed by atoms with Gasteiger partial charge in [0.05, 0.1) is 6.04 Å². The predicted molar refractivity (Wildman–Crippen MR) is 75.6 cm³/mol. The number of carbonyl (C=O) groups excluding carboxylic acids is 1. The van der Waals surface area contributed by atoms with Gasteiger partial charge in [-0.15, -0.1) is 0 Å². The van der Waals surface area contributed by atoms with Crippen LogP contribution in [0.3, 0.4) is 0 Å². The van der Waals surface area contributed by atoms with Gasteiger partial charge in [-0.05, 0) is 36.5 Å². The predicted octanol–water partition coefficient (Wildman–Crippen LogP) is 2.37. The van der Waals surface area contributed by atoms with Gasteiger partial charge < -0.3 is 11.1 Å². The van der Waals surface area contributed by atoms with E-state index in [1.807, 2.05) is 24.3 Å². The van der Waals surface area contributed by atoms with Gasteiger partial charge in [-0.1, -0.05) is 37.6 Å². The van der Waals surface area contributed by atoms with E-state index in [2.05, 4.69) is 19.2 Å². The third-order valence-corrected chi connectivity index (χ3v) is 2.94. The fourth-order valence-electron chi connectivity index (χ4n) is 1.73. The van der Waals surface area contributed by atoms with E-state index >= 15 is 0 Å². The molecule has 0 heterocycles. The second-order valence-electron chi connectivity index (χ2n) is 4.90. The Morgan fingerprint density at radius 1 is 1.33 bits per heavy atom. The molecule has 0 spiro atoms. The van der Waals surface area contributed by atoms with Crippen molar-refractivity contribution in [3.05, 3.63) is 34.9 Å². The van der Waals surface area contributed by atoms with E-state index in [1.165, 1.54) is 0 Å². The lowest BCUT2D eigenvalue weighted by Crippen LogP contribution is -2.42. The van der Waals surface area contributed by atoms with Gasteiger partial charge in [0.15, 0.2) is 0 Å². The number of benzene rings is 1. The summed E-state index contributed by atoms with van der Waals surface area (Å²) in [7, 11) is 0. The molecule has 1 atom stereocenters. The number of nitrogens with two attached hydrogens (primary N) is 1. The van der Waals surface area contributed by atoms with Crippen LogP contribution in [0, 0.1) is 5.92 Å². The van der Waals surface area contributed by atoms with E-state index in [0.717, 1.165) is 17.0 Å². The van der Waals surface area contributed by atoms with Crippen LogP contribution in [0.2, 0.25) is 5.02 Å². The van der Waals surface area contributed by atoms with Gasteiger partial charge in [-0.25, -0.2) is 0 Å². The molecule has 1 aromatic carbocycles. The van der Waals surface area contributed by atoms with Crippen molar-refractivity contribution < 1.29 is 4.79 Å². The molecule has 100 valence electrons. The lowest BCUT2D eigenvalue weighted by molar-refractivity contribution is -0.122. The van der Waals surface area contributed by atoms with Crippen molar-refractivity contribution in [2.75, 3.05) is 6.54 Å². The number of halogens is 1. The van der Waals surface area contributed by atoms with Crippen LogP contribution in [0.25, 0.3) is 0 Å². The molecule has 1 aromatic rings. The topological polar surface area (TPSA) is 55.1 Å². The first-order valence-electron chi connectivity index (χ1n) is 6.26. The van der Waals surface area contributed by atoms with Crippen molar-refractivity contribution in [3.8, 4) is 0 Å². The minimum Gasteiger partial charge on any atom is -0.354 e. The van der Waals surface area contributed by atoms with Crippen LogP contribution in [0.4, 0.5) is 0 Å². The van der Waals surface area contributed by atoms with E-state index in [-0.39, 0.29) is 5.91 Å². The number of hydrogen-bond acceptors (Lipinski definition) is 2. The average Bonchev–Trinajstić information content (AvgIpc) is 2.30. The van der Waals surface area contributed by atoms with Crippen LogP contribution >= 0.6 is 11.6 Å². The third-order valence-electron chi connectivity index (χ3n) is 2.69. The molecule has 0 aliphatic heterocycles. The zero-order chi connectivity index (χ0) is 13.5. The standard InChI is InChI=1S/C14H21ClN2O/c1-10(2)9-13(16)14(18)17-8-7-11-3-5-12(15)6-4-11/h3-6,10,13H,7-9,16H2,1-2H3,(H,17,18). The highest BCUT2D eigenvalue weighted by molar-refractivity contribution is 6.30. The SMILES string of the molecule is CC(C)CC(N)C(=O)NCCc1ccc(Cl)cc1. The Hall–Kier alpha value is -1.06. The summed E-state index contributed by atoms with van der Waals surface area (Å²) in [6.45, 7) is 4.72. The van der Waals surface area contributed by atoms with Crippen LogP contribution in [0.15, 0.2) is 24.3 Å². The molecule has 0 fully saturated rings. The van der Waals surface area contributed by atoms with Crippen molar-refractivity contribution >= 4 is 17.5 Å². The average molecular weight is 269 g/mol. The van der Waals surface area contributed by atoms with E-state index < -0.39 is 6.04 Å². The van der Waals surface area contributed by atoms with Crippen LogP contribution < -0.4 is 11.1 Å². The number of rotatable bonds is 6. The molecule has 3 N–H and O–H groups in total. The van der Waals surface area contributed by atoms with Crippen molar-refractivity contribution in [2.45, 2.75) is 32.7 Å². The normalized spacial score (nSPS) is 12.5. The molecule has 1 unspecified atom stereocenters. The maximum Gasteiger partial charge on any atom is 0.236 e. The summed E-state index contributed by atoms with van der Waals surface area (Å²) >= 11 is 5.80. The highest BCUT2D eigenvalue weighted by Crippen LogP contribution is 2.09. The van der Waals surface area contributed by atoms with Crippen molar-refractivity contribution in [3.63, 3.8) is 0 Å². The highest BCUT2D eigenvalue weighted by Gasteiger charge is 2.13. The molecule has 0 aliphatic rings. The molecule has 18 heavy (non-hydrogen) atoms. The van der Waals surface area contributed by atoms with E-state index in [4.69, 9.17) is 17.3 Å². The second kappa shape index (κ2) is 7.39. The molecule has 0 aromatic heterocycles. The van der Waals surface area contributed by atoms with Crippen molar-refractivity contribution in [2.24, 2.45) is 11.7 Å². The Labute approximate surface area is 114 Å². The van der Waals surface area contributed by atoms with Gasteiger partial charge in [0, 0.05) is 11.6 Å². The summed E-state index contributed by atoms with van der Waals surface area (Å²) < 4.78 is 0. The maximum absolute atomic E-state index is 11.7. The fourth-order valence-corrected chi connectivity index (χ4v) is 1.85. The summed E-state index contributed by atoms with van der Waals surface area (Å²) in [5.41, 5.74) is 6.94. The summed E-state index contributed by atoms with van der Waals surface area (Å²) in [6, 6.07) is 7.22. The van der Waals surface area contributed by atoms with Crippen LogP contribution in [-0.4, -0.2) is 18.5 Å². The summed E-state index contributed by atoms with van der Waals surface area (Å²) in [4.78, 5) is 11.7. The zero-order valence-corrected chi connectivity index (χ0v) is 11.7. The summed E-state index contributed by atoms with van der Waals surface area (Å²) in [5, 5.41) is 3.58. The Kier molecular flexibility index (Phi) is 6.16. The Morgan fingerprint density at radius 3 is 2.50 bits per heavy atom. The molecule has 0 saturated carbocycles. The maximum atomic E-state index is 11.7. The zero-order valence-electron chi connectivity index (χ0n) is 10.9. The summed E-state index contributed by atoms with van der Waals surface area (Å²) in [6.07, 6.45) is 1.50. The smallest absolute Gasteiger partial charge is 0.236 e. The molecule has 0 aliphatic carbocycles. The Morgan fingerprint density at radius 2 is 1.94 bits per heavy atom. The number of carbonyl (C=O) groups is 1. The quantitative estimate of drug-likeness (QED) is 0.832. The molecule has 0 saturated heterocycles. The molecule has 4 heteroatoms. The molecule has 1 amide bonds. The van der Waals surface area contributed by atoms with Crippen LogP contribution in [0.1, 0.15) is 25.8 Å².